The van der Waals surface area contributed by atoms with E-state index in [0.717, 1.165) is 37.7 Å². The molecule has 4 N–H and O–H groups in total. The van der Waals surface area contributed by atoms with Crippen LogP contribution in [-0.4, -0.2) is 19.0 Å². The summed E-state index contributed by atoms with van der Waals surface area (Å²) in [7, 11) is 0. The average Bonchev–Trinajstić information content (AvgIpc) is 2.04. The van der Waals surface area contributed by atoms with Gasteiger partial charge in [0.25, 0.3) is 0 Å². The number of nitrogens with two attached hydrogens (primary N) is 1. The van der Waals surface area contributed by atoms with E-state index < -0.39 is 0 Å². The first-order valence-corrected chi connectivity index (χ1v) is 3.86. The molecule has 0 fully saturated rings. The summed E-state index contributed by atoms with van der Waals surface area (Å²) in [4.78, 5) is 4.23. The van der Waals surface area contributed by atoms with Gasteiger partial charge in [0.1, 0.15) is 11.7 Å². The van der Waals surface area contributed by atoms with Gasteiger partial charge in [0, 0.05) is 13.0 Å². The highest BCUT2D eigenvalue weighted by Crippen LogP contribution is 2.16. The molecule has 0 unspecified atom stereocenters. The zero-order valence-electron chi connectivity index (χ0n) is 6.35. The van der Waals surface area contributed by atoms with Gasteiger partial charge in [0.2, 0.25) is 0 Å². The van der Waals surface area contributed by atoms with Crippen molar-refractivity contribution in [3.05, 3.63) is 11.4 Å². The van der Waals surface area contributed by atoms with Crippen LogP contribution in [-0.2, 0) is 0 Å². The Kier molecular flexibility index (Phi) is 1.54. The first-order valence-electron chi connectivity index (χ1n) is 3.86. The second-order valence-electron chi connectivity index (χ2n) is 2.84. The molecule has 0 aromatic carbocycles. The van der Waals surface area contributed by atoms with Gasteiger partial charge in [-0.2, -0.15) is 0 Å². The monoisotopic (exact) mass is 152 g/mol. The molecular formula is C7H12N4. The van der Waals surface area contributed by atoms with E-state index in [1.807, 2.05) is 0 Å². The van der Waals surface area contributed by atoms with E-state index in [9.17, 15) is 0 Å². The van der Waals surface area contributed by atoms with Crippen molar-refractivity contribution in [2.45, 2.75) is 12.8 Å². The molecule has 60 valence electrons. The Labute approximate surface area is 65.6 Å². The van der Waals surface area contributed by atoms with E-state index in [1.165, 1.54) is 5.57 Å². The highest BCUT2D eigenvalue weighted by Gasteiger charge is 2.15. The standard InChI is InChI=1S/C7H12N4/c8-6-2-1-5-3-9-4-10-7(5)11-6/h9-10H,1-4H2,(H2,8,11). The minimum Gasteiger partial charge on any atom is -0.387 e. The molecule has 11 heavy (non-hydrogen) atoms. The van der Waals surface area contributed by atoms with Crippen LogP contribution >= 0.6 is 0 Å². The van der Waals surface area contributed by atoms with Crippen LogP contribution in [0.3, 0.4) is 0 Å². The highest BCUT2D eigenvalue weighted by atomic mass is 15.2. The normalized spacial score (nSPS) is 23.8. The van der Waals surface area contributed by atoms with E-state index in [-0.39, 0.29) is 0 Å². The predicted molar refractivity (Wildman–Crippen MR) is 43.9 cm³/mol. The van der Waals surface area contributed by atoms with Crippen LogP contribution in [0.1, 0.15) is 12.8 Å². The van der Waals surface area contributed by atoms with Crippen LogP contribution in [0.4, 0.5) is 0 Å². The summed E-state index contributed by atoms with van der Waals surface area (Å²) in [5, 5.41) is 6.37. The molecule has 2 aliphatic rings. The fourth-order valence-corrected chi connectivity index (χ4v) is 1.37. The van der Waals surface area contributed by atoms with Crippen molar-refractivity contribution < 1.29 is 0 Å². The third kappa shape index (κ3) is 1.21. The summed E-state index contributed by atoms with van der Waals surface area (Å²) in [6.07, 6.45) is 1.95. The maximum absolute atomic E-state index is 5.60. The maximum Gasteiger partial charge on any atom is 0.129 e. The third-order valence-electron chi connectivity index (χ3n) is 1.99. The average molecular weight is 152 g/mol. The fourth-order valence-electron chi connectivity index (χ4n) is 1.37. The SMILES string of the molecule is NC1=NC2=C(CC1)CNCN2. The summed E-state index contributed by atoms with van der Waals surface area (Å²) in [5.74, 6) is 1.74. The second-order valence-corrected chi connectivity index (χ2v) is 2.84. The summed E-state index contributed by atoms with van der Waals surface area (Å²) in [6, 6.07) is 0. The topological polar surface area (TPSA) is 62.4 Å². The Morgan fingerprint density at radius 1 is 1.36 bits per heavy atom. The molecule has 0 saturated heterocycles. The van der Waals surface area contributed by atoms with Crippen molar-refractivity contribution in [2.75, 3.05) is 13.2 Å². The van der Waals surface area contributed by atoms with E-state index in [0.29, 0.717) is 0 Å². The number of nitrogens with one attached hydrogen (secondary N) is 2. The lowest BCUT2D eigenvalue weighted by molar-refractivity contribution is 0.589. The molecule has 2 rings (SSSR count). The van der Waals surface area contributed by atoms with Crippen LogP contribution in [0.25, 0.3) is 0 Å². The molecule has 0 amide bonds. The van der Waals surface area contributed by atoms with Crippen molar-refractivity contribution in [3.63, 3.8) is 0 Å². The minimum absolute atomic E-state index is 0.748. The molecule has 4 nitrogen and oxygen atoms in total. The lowest BCUT2D eigenvalue weighted by atomic mass is 10.1. The van der Waals surface area contributed by atoms with Crippen molar-refractivity contribution in [1.29, 1.82) is 0 Å². The smallest absolute Gasteiger partial charge is 0.129 e. The number of hydrogen-bond donors (Lipinski definition) is 3. The van der Waals surface area contributed by atoms with Gasteiger partial charge < -0.3 is 11.1 Å². The first-order chi connectivity index (χ1) is 5.36. The van der Waals surface area contributed by atoms with E-state index in [2.05, 4.69) is 15.6 Å². The Hall–Kier alpha value is -1.03. The quantitative estimate of drug-likeness (QED) is 0.438. The molecule has 0 radical (unpaired) electrons. The van der Waals surface area contributed by atoms with Gasteiger partial charge in [-0.25, -0.2) is 4.99 Å². The molecule has 0 aliphatic carbocycles. The van der Waals surface area contributed by atoms with E-state index in [4.69, 9.17) is 5.73 Å². The molecule has 2 aliphatic heterocycles. The lowest BCUT2D eigenvalue weighted by Gasteiger charge is -2.23. The van der Waals surface area contributed by atoms with Crippen LogP contribution < -0.4 is 16.4 Å². The van der Waals surface area contributed by atoms with Gasteiger partial charge in [0.15, 0.2) is 0 Å². The van der Waals surface area contributed by atoms with Crippen molar-refractivity contribution in [2.24, 2.45) is 10.7 Å². The van der Waals surface area contributed by atoms with Gasteiger partial charge in [-0.05, 0) is 12.0 Å². The molecule has 0 spiro atoms. The van der Waals surface area contributed by atoms with Crippen LogP contribution in [0.2, 0.25) is 0 Å². The number of aliphatic imine (C=N–C) groups is 1. The Balaban J connectivity index is 2.25. The molecular weight excluding hydrogens is 140 g/mol. The minimum atomic E-state index is 0.748. The van der Waals surface area contributed by atoms with Gasteiger partial charge in [-0.3, -0.25) is 5.32 Å². The summed E-state index contributed by atoms with van der Waals surface area (Å²) in [6.45, 7) is 1.76. The number of amidine groups is 1. The highest BCUT2D eigenvalue weighted by molar-refractivity contribution is 5.82. The van der Waals surface area contributed by atoms with Crippen molar-refractivity contribution in [1.82, 2.24) is 10.6 Å². The number of nitrogens with zero attached hydrogens (tertiary/aromatic N) is 1. The van der Waals surface area contributed by atoms with Crippen LogP contribution in [0.5, 0.6) is 0 Å². The molecule has 4 heteroatoms. The van der Waals surface area contributed by atoms with Gasteiger partial charge in [-0.1, -0.05) is 0 Å². The predicted octanol–water partition coefficient (Wildman–Crippen LogP) is -0.501. The van der Waals surface area contributed by atoms with Crippen LogP contribution in [0, 0.1) is 0 Å². The Morgan fingerprint density at radius 3 is 3.18 bits per heavy atom. The molecule has 0 aromatic rings. The Bertz CT molecular complexity index is 229. The summed E-state index contributed by atoms with van der Waals surface area (Å²) >= 11 is 0. The van der Waals surface area contributed by atoms with Gasteiger partial charge >= 0.3 is 0 Å². The first kappa shape index (κ1) is 6.67. The maximum atomic E-state index is 5.60. The number of rotatable bonds is 0. The molecule has 0 aromatic heterocycles. The van der Waals surface area contributed by atoms with Crippen molar-refractivity contribution >= 4 is 5.84 Å². The van der Waals surface area contributed by atoms with Gasteiger partial charge in [0.05, 0.1) is 6.67 Å². The zero-order valence-corrected chi connectivity index (χ0v) is 6.35. The fraction of sp³-hybridized carbons (Fsp3) is 0.571. The van der Waals surface area contributed by atoms with E-state index >= 15 is 0 Å². The van der Waals surface area contributed by atoms with E-state index in [1.54, 1.807) is 0 Å². The molecule has 0 bridgehead atoms. The second kappa shape index (κ2) is 2.54. The largest absolute Gasteiger partial charge is 0.387 e. The van der Waals surface area contributed by atoms with Gasteiger partial charge in [-0.15, -0.1) is 0 Å². The lowest BCUT2D eigenvalue weighted by Crippen LogP contribution is -2.38. The summed E-state index contributed by atoms with van der Waals surface area (Å²) < 4.78 is 0. The summed E-state index contributed by atoms with van der Waals surface area (Å²) in [5.41, 5.74) is 6.95. The zero-order chi connectivity index (χ0) is 7.68. The Morgan fingerprint density at radius 2 is 2.27 bits per heavy atom. The van der Waals surface area contributed by atoms with Crippen LogP contribution in [0.15, 0.2) is 16.4 Å². The molecule has 2 heterocycles. The number of hydrogen-bond acceptors (Lipinski definition) is 4. The molecule has 0 atom stereocenters. The third-order valence-corrected chi connectivity index (χ3v) is 1.99. The van der Waals surface area contributed by atoms with Crippen molar-refractivity contribution in [3.8, 4) is 0 Å². The molecule has 0 saturated carbocycles.